The van der Waals surface area contributed by atoms with Gasteiger partial charge in [-0.1, -0.05) is 111 Å². The van der Waals surface area contributed by atoms with E-state index < -0.39 is 15.8 Å². The Hall–Kier alpha value is -0.320. The number of hydrogen-bond donors (Lipinski definition) is 0. The molecule has 4 heteroatoms. The Kier molecular flexibility index (Phi) is 6.32. The highest BCUT2D eigenvalue weighted by Crippen LogP contribution is 3.10. The maximum Gasteiger partial charge on any atom is 0.160 e. The topological polar surface area (TPSA) is 34.1 Å². The van der Waals surface area contributed by atoms with Crippen molar-refractivity contribution < 1.29 is 9.59 Å². The summed E-state index contributed by atoms with van der Waals surface area (Å²) in [7, 11) is -2.11. The van der Waals surface area contributed by atoms with Crippen LogP contribution in [-0.4, -0.2) is 20.8 Å². The minimum Gasteiger partial charge on any atom is -0.294 e. The van der Waals surface area contributed by atoms with Crippen molar-refractivity contribution >= 4 is 26.9 Å². The van der Waals surface area contributed by atoms with Crippen LogP contribution in [0.25, 0.3) is 0 Å². The van der Waals surface area contributed by atoms with Gasteiger partial charge in [-0.3, -0.25) is 9.59 Å². The van der Waals surface area contributed by atoms with Crippen molar-refractivity contribution in [1.29, 1.82) is 0 Å². The van der Waals surface area contributed by atoms with Gasteiger partial charge in [0.2, 0.25) is 0 Å². The normalized spacial score (nSPS) is 26.1. The van der Waals surface area contributed by atoms with Crippen LogP contribution in [0.1, 0.15) is 111 Å². The Morgan fingerprint density at radius 2 is 0.676 bits per heavy atom. The highest BCUT2D eigenvalue weighted by molar-refractivity contribution is 8.10. The van der Waals surface area contributed by atoms with Crippen molar-refractivity contribution in [1.82, 2.24) is 0 Å². The molecule has 34 heavy (non-hydrogen) atoms. The van der Waals surface area contributed by atoms with Crippen LogP contribution in [-0.2, 0) is 9.59 Å². The Labute approximate surface area is 212 Å². The molecule has 0 aromatic carbocycles. The van der Waals surface area contributed by atoms with Crippen molar-refractivity contribution in [3.05, 3.63) is 22.3 Å². The second-order valence-electron chi connectivity index (χ2n) is 15.5. The van der Waals surface area contributed by atoms with E-state index in [4.69, 9.17) is 0 Å². The molecule has 0 N–H and O–H groups in total. The Balaban J connectivity index is 2.40. The molecule has 0 atom stereocenters. The molecule has 192 valence electrons. The lowest BCUT2D eigenvalue weighted by atomic mass is 9.89. The van der Waals surface area contributed by atoms with E-state index in [0.717, 1.165) is 0 Å². The highest BCUT2D eigenvalue weighted by atomic mass is 31.2. The quantitative estimate of drug-likeness (QED) is 0.282. The fraction of sp³-hybridized carbons (Fsp3) is 0.800. The van der Waals surface area contributed by atoms with Crippen LogP contribution in [0.4, 0.5) is 0 Å². The number of carbonyl (C=O) groups excluding carboxylic acids is 2. The number of allylic oxidation sites excluding steroid dienone is 4. The van der Waals surface area contributed by atoms with Crippen LogP contribution < -0.4 is 0 Å². The predicted molar refractivity (Wildman–Crippen MR) is 151 cm³/mol. The summed E-state index contributed by atoms with van der Waals surface area (Å²) < 4.78 is 0. The highest BCUT2D eigenvalue weighted by Gasteiger charge is 2.91. The summed E-state index contributed by atoms with van der Waals surface area (Å²) in [4.78, 5) is 28.1. The summed E-state index contributed by atoms with van der Waals surface area (Å²) in [6.45, 7) is 35.8. The third-order valence-electron chi connectivity index (χ3n) is 7.49. The molecule has 0 aromatic heterocycles. The second kappa shape index (κ2) is 7.60. The van der Waals surface area contributed by atoms with E-state index in [1.807, 2.05) is 0 Å². The van der Waals surface area contributed by atoms with Gasteiger partial charge in [0.05, 0.1) is 9.79 Å². The monoisotopic (exact) mass is 504 g/mol. The minimum atomic E-state index is -1.05. The lowest BCUT2D eigenvalue weighted by Crippen LogP contribution is -2.49. The summed E-state index contributed by atoms with van der Waals surface area (Å²) in [5, 5.41) is 0. The smallest absolute Gasteiger partial charge is 0.160 e. The summed E-state index contributed by atoms with van der Waals surface area (Å²) in [5.41, 5.74) is 6.48. The molecular weight excluding hydrogens is 454 g/mol. The Morgan fingerprint density at radius 1 is 0.500 bits per heavy atom. The van der Waals surface area contributed by atoms with Crippen LogP contribution in [0, 0.1) is 33.5 Å². The maximum absolute atomic E-state index is 14.3. The Bertz CT molecular complexity index is 852. The Morgan fingerprint density at radius 3 is 0.794 bits per heavy atom. The van der Waals surface area contributed by atoms with Gasteiger partial charge in [0.15, 0.2) is 11.0 Å². The van der Waals surface area contributed by atoms with Gasteiger partial charge in [-0.05, 0) is 44.0 Å². The molecule has 2 aliphatic carbocycles. The maximum atomic E-state index is 14.3. The van der Waals surface area contributed by atoms with Crippen molar-refractivity contribution in [3.63, 3.8) is 0 Å². The molecule has 3 aliphatic rings. The molecule has 1 saturated heterocycles. The van der Waals surface area contributed by atoms with Crippen molar-refractivity contribution in [2.45, 2.75) is 121 Å². The first-order chi connectivity index (χ1) is 14.9. The van der Waals surface area contributed by atoms with Gasteiger partial charge in [0.25, 0.3) is 0 Å². The standard InChI is InChI=1S/C30H50O2P2/c1-17(2)23(31)33-29(19(25(5,6)7)20(29)26(8,9)10)34(24(32)18(3)4)30(33)21(27(11,12)13)22(30)28(14,15)16/h17-18H,1-16H3. The molecule has 0 aromatic rings. The summed E-state index contributed by atoms with van der Waals surface area (Å²) >= 11 is 0. The molecule has 1 heterocycles. The van der Waals surface area contributed by atoms with Gasteiger partial charge < -0.3 is 0 Å². The van der Waals surface area contributed by atoms with E-state index in [1.54, 1.807) is 0 Å². The molecule has 2 nitrogen and oxygen atoms in total. The fourth-order valence-electron chi connectivity index (χ4n) is 6.79. The fourth-order valence-corrected chi connectivity index (χ4v) is 19.1. The van der Waals surface area contributed by atoms with Crippen LogP contribution in [0.2, 0.25) is 0 Å². The van der Waals surface area contributed by atoms with Crippen LogP contribution >= 0.6 is 15.8 Å². The van der Waals surface area contributed by atoms with Gasteiger partial charge in [-0.25, -0.2) is 0 Å². The van der Waals surface area contributed by atoms with E-state index in [1.165, 1.54) is 22.3 Å². The van der Waals surface area contributed by atoms with Gasteiger partial charge in [-0.2, -0.15) is 0 Å². The molecule has 2 spiro atoms. The van der Waals surface area contributed by atoms with Gasteiger partial charge in [0.1, 0.15) is 0 Å². The third kappa shape index (κ3) is 3.55. The van der Waals surface area contributed by atoms with Crippen LogP contribution in [0.3, 0.4) is 0 Å². The summed E-state index contributed by atoms with van der Waals surface area (Å²) in [6.07, 6.45) is 0. The van der Waals surface area contributed by atoms with Crippen molar-refractivity contribution in [3.8, 4) is 0 Å². The first-order valence-electron chi connectivity index (χ1n) is 13.1. The molecular formula is C30H50O2P2. The average molecular weight is 505 g/mol. The number of rotatable bonds is 4. The first-order valence-corrected chi connectivity index (χ1v) is 15.8. The zero-order valence-electron chi connectivity index (χ0n) is 24.9. The van der Waals surface area contributed by atoms with E-state index in [9.17, 15) is 9.59 Å². The predicted octanol–water partition coefficient (Wildman–Crippen LogP) is 9.53. The van der Waals surface area contributed by atoms with Crippen molar-refractivity contribution in [2.24, 2.45) is 33.5 Å². The first kappa shape index (κ1) is 28.3. The summed E-state index contributed by atoms with van der Waals surface area (Å²) in [6, 6.07) is 0. The van der Waals surface area contributed by atoms with Gasteiger partial charge >= 0.3 is 0 Å². The average Bonchev–Trinajstić information content (AvgIpc) is 3.44. The molecule has 0 saturated carbocycles. The zero-order chi connectivity index (χ0) is 26.8. The minimum absolute atomic E-state index is 0.0164. The summed E-state index contributed by atoms with van der Waals surface area (Å²) in [5.74, 6) is -0.0329. The van der Waals surface area contributed by atoms with Gasteiger partial charge in [0, 0.05) is 27.7 Å². The zero-order valence-corrected chi connectivity index (χ0v) is 26.7. The largest absolute Gasteiger partial charge is 0.294 e. The molecule has 0 amide bonds. The van der Waals surface area contributed by atoms with E-state index in [-0.39, 0.29) is 43.3 Å². The molecule has 1 aliphatic heterocycles. The number of carbonyl (C=O) groups is 2. The van der Waals surface area contributed by atoms with Crippen molar-refractivity contribution in [2.75, 3.05) is 0 Å². The number of hydrogen-bond acceptors (Lipinski definition) is 2. The lowest BCUT2D eigenvalue weighted by Gasteiger charge is -2.60. The van der Waals surface area contributed by atoms with E-state index >= 15 is 0 Å². The second-order valence-corrected chi connectivity index (χ2v) is 21.1. The van der Waals surface area contributed by atoms with E-state index in [0.29, 0.717) is 11.0 Å². The van der Waals surface area contributed by atoms with Crippen LogP contribution in [0.15, 0.2) is 22.3 Å². The van der Waals surface area contributed by atoms with E-state index in [2.05, 4.69) is 111 Å². The van der Waals surface area contributed by atoms with Crippen LogP contribution in [0.5, 0.6) is 0 Å². The SMILES string of the molecule is CC(C)C(=O)P1C2(C(C(C)(C)C)=C2C(C)(C)C)P(C(=O)C(C)C)C12C(C(C)(C)C)=C2C(C)(C)C. The van der Waals surface area contributed by atoms with Gasteiger partial charge in [-0.15, -0.1) is 0 Å². The molecule has 0 unspecified atom stereocenters. The molecule has 3 rings (SSSR count). The molecule has 0 bridgehead atoms. The third-order valence-corrected chi connectivity index (χ3v) is 16.2. The molecule has 1 fully saturated rings. The lowest BCUT2D eigenvalue weighted by molar-refractivity contribution is -0.114. The molecule has 0 radical (unpaired) electrons.